The van der Waals surface area contributed by atoms with Gasteiger partial charge in [-0.15, -0.1) is 11.3 Å². The summed E-state index contributed by atoms with van der Waals surface area (Å²) in [7, 11) is 0. The van der Waals surface area contributed by atoms with Gasteiger partial charge in [-0.25, -0.2) is 4.98 Å². The molecule has 0 atom stereocenters. The molecule has 0 amide bonds. The molecule has 0 aliphatic heterocycles. The molecule has 1 N–H and O–H groups in total. The number of aromatic nitrogens is 1. The number of aryl methyl sites for hydroxylation is 2. The van der Waals surface area contributed by atoms with Crippen LogP contribution in [0.2, 0.25) is 0 Å². The Morgan fingerprint density at radius 1 is 1.21 bits per heavy atom. The Morgan fingerprint density at radius 2 is 1.95 bits per heavy atom. The van der Waals surface area contributed by atoms with Crippen LogP contribution in [0.5, 0.6) is 0 Å². The zero-order valence-electron chi connectivity index (χ0n) is 11.6. The average molecular weight is 272 g/mol. The van der Waals surface area contributed by atoms with Crippen molar-refractivity contribution < 1.29 is 0 Å². The lowest BCUT2D eigenvalue weighted by atomic mass is 10.1. The van der Waals surface area contributed by atoms with Gasteiger partial charge in [0.25, 0.3) is 0 Å². The van der Waals surface area contributed by atoms with Gasteiger partial charge >= 0.3 is 0 Å². The lowest BCUT2D eigenvalue weighted by Gasteiger charge is -2.02. The van der Waals surface area contributed by atoms with Crippen LogP contribution in [-0.4, -0.2) is 11.0 Å². The first-order chi connectivity index (χ1) is 9.19. The van der Waals surface area contributed by atoms with Crippen molar-refractivity contribution in [2.75, 3.05) is 0 Å². The number of rotatable bonds is 5. The quantitative estimate of drug-likeness (QED) is 0.899. The molecule has 1 aliphatic carbocycles. The SMILES string of the molecule is Cc1cc(C)cc(Cc2ncc(CNC3CC3)s2)c1. The summed E-state index contributed by atoms with van der Waals surface area (Å²) >= 11 is 1.84. The van der Waals surface area contributed by atoms with Crippen LogP contribution in [0.25, 0.3) is 0 Å². The van der Waals surface area contributed by atoms with E-state index in [1.807, 2.05) is 17.5 Å². The molecule has 0 saturated heterocycles. The smallest absolute Gasteiger partial charge is 0.0972 e. The standard InChI is InChI=1S/C16H20N2S/c1-11-5-12(2)7-13(6-11)8-16-18-10-15(19-16)9-17-14-3-4-14/h5-7,10,14,17H,3-4,8-9H2,1-2H3. The fourth-order valence-corrected chi connectivity index (χ4v) is 3.30. The van der Waals surface area contributed by atoms with Crippen molar-refractivity contribution >= 4 is 11.3 Å². The summed E-state index contributed by atoms with van der Waals surface area (Å²) in [5.41, 5.74) is 4.04. The maximum absolute atomic E-state index is 4.55. The van der Waals surface area contributed by atoms with E-state index in [1.165, 1.54) is 39.4 Å². The third-order valence-electron chi connectivity index (χ3n) is 3.38. The van der Waals surface area contributed by atoms with Crippen LogP contribution < -0.4 is 5.32 Å². The van der Waals surface area contributed by atoms with Crippen molar-refractivity contribution in [1.29, 1.82) is 0 Å². The number of hydrogen-bond donors (Lipinski definition) is 1. The Balaban J connectivity index is 1.65. The minimum absolute atomic E-state index is 0.768. The van der Waals surface area contributed by atoms with Crippen LogP contribution in [0.15, 0.2) is 24.4 Å². The van der Waals surface area contributed by atoms with E-state index in [1.54, 1.807) is 0 Å². The summed E-state index contributed by atoms with van der Waals surface area (Å²) in [5.74, 6) is 0. The largest absolute Gasteiger partial charge is 0.309 e. The monoisotopic (exact) mass is 272 g/mol. The third-order valence-corrected chi connectivity index (χ3v) is 4.38. The van der Waals surface area contributed by atoms with Gasteiger partial charge in [0.1, 0.15) is 0 Å². The van der Waals surface area contributed by atoms with E-state index in [9.17, 15) is 0 Å². The highest BCUT2D eigenvalue weighted by Gasteiger charge is 2.20. The molecule has 1 saturated carbocycles. The molecule has 1 aromatic carbocycles. The van der Waals surface area contributed by atoms with Gasteiger partial charge < -0.3 is 5.32 Å². The predicted octanol–water partition coefficient (Wildman–Crippen LogP) is 3.60. The van der Waals surface area contributed by atoms with E-state index in [0.717, 1.165) is 19.0 Å². The molecule has 1 aromatic heterocycles. The Morgan fingerprint density at radius 3 is 2.63 bits per heavy atom. The van der Waals surface area contributed by atoms with Crippen molar-refractivity contribution in [2.45, 2.75) is 45.7 Å². The highest BCUT2D eigenvalue weighted by atomic mass is 32.1. The Labute approximate surface area is 118 Å². The molecule has 1 heterocycles. The van der Waals surface area contributed by atoms with Gasteiger partial charge in [-0.2, -0.15) is 0 Å². The number of nitrogens with zero attached hydrogens (tertiary/aromatic N) is 1. The highest BCUT2D eigenvalue weighted by Crippen LogP contribution is 2.22. The first-order valence-electron chi connectivity index (χ1n) is 6.93. The summed E-state index contributed by atoms with van der Waals surface area (Å²) in [6.07, 6.45) is 5.66. The second kappa shape index (κ2) is 5.43. The van der Waals surface area contributed by atoms with Crippen molar-refractivity contribution in [1.82, 2.24) is 10.3 Å². The van der Waals surface area contributed by atoms with Gasteiger partial charge in [-0.05, 0) is 32.3 Å². The Bertz CT molecular complexity index is 550. The number of hydrogen-bond acceptors (Lipinski definition) is 3. The molecular weight excluding hydrogens is 252 g/mol. The van der Waals surface area contributed by atoms with E-state index >= 15 is 0 Å². The summed E-state index contributed by atoms with van der Waals surface area (Å²) in [4.78, 5) is 5.90. The molecule has 1 fully saturated rings. The predicted molar refractivity (Wildman–Crippen MR) is 80.7 cm³/mol. The lowest BCUT2D eigenvalue weighted by molar-refractivity contribution is 0.694. The molecule has 0 unspecified atom stereocenters. The molecule has 0 bridgehead atoms. The third kappa shape index (κ3) is 3.64. The lowest BCUT2D eigenvalue weighted by Crippen LogP contribution is -2.14. The van der Waals surface area contributed by atoms with E-state index < -0.39 is 0 Å². The number of benzene rings is 1. The van der Waals surface area contributed by atoms with Crippen LogP contribution in [0, 0.1) is 13.8 Å². The molecule has 100 valence electrons. The van der Waals surface area contributed by atoms with Crippen molar-refractivity contribution in [3.05, 3.63) is 51.0 Å². The normalized spacial score (nSPS) is 14.8. The minimum Gasteiger partial charge on any atom is -0.309 e. The van der Waals surface area contributed by atoms with Crippen LogP contribution in [0.3, 0.4) is 0 Å². The molecule has 0 radical (unpaired) electrons. The molecule has 2 aromatic rings. The second-order valence-electron chi connectivity index (χ2n) is 5.55. The van der Waals surface area contributed by atoms with Crippen molar-refractivity contribution in [3.63, 3.8) is 0 Å². The van der Waals surface area contributed by atoms with Crippen LogP contribution in [0.1, 0.15) is 39.4 Å². The van der Waals surface area contributed by atoms with Crippen LogP contribution in [-0.2, 0) is 13.0 Å². The van der Waals surface area contributed by atoms with Crippen molar-refractivity contribution in [2.24, 2.45) is 0 Å². The minimum atomic E-state index is 0.768. The first-order valence-corrected chi connectivity index (χ1v) is 7.75. The van der Waals surface area contributed by atoms with E-state index in [0.29, 0.717) is 0 Å². The topological polar surface area (TPSA) is 24.9 Å². The molecule has 3 rings (SSSR count). The molecular formula is C16H20N2S. The molecule has 2 nitrogen and oxygen atoms in total. The number of nitrogens with one attached hydrogen (secondary N) is 1. The summed E-state index contributed by atoms with van der Waals surface area (Å²) < 4.78 is 0. The Hall–Kier alpha value is -1.19. The van der Waals surface area contributed by atoms with Crippen molar-refractivity contribution in [3.8, 4) is 0 Å². The second-order valence-corrected chi connectivity index (χ2v) is 6.75. The fraction of sp³-hybridized carbons (Fsp3) is 0.438. The summed E-state index contributed by atoms with van der Waals surface area (Å²) in [6.45, 7) is 5.29. The zero-order chi connectivity index (χ0) is 13.2. The summed E-state index contributed by atoms with van der Waals surface area (Å²) in [6, 6.07) is 7.51. The van der Waals surface area contributed by atoms with Crippen LogP contribution in [0.4, 0.5) is 0 Å². The van der Waals surface area contributed by atoms with Gasteiger partial charge in [0.2, 0.25) is 0 Å². The molecule has 1 aliphatic rings. The van der Waals surface area contributed by atoms with Gasteiger partial charge in [-0.1, -0.05) is 29.3 Å². The Kier molecular flexibility index (Phi) is 3.67. The first kappa shape index (κ1) is 12.8. The van der Waals surface area contributed by atoms with Gasteiger partial charge in [0.15, 0.2) is 0 Å². The zero-order valence-corrected chi connectivity index (χ0v) is 12.4. The maximum atomic E-state index is 4.55. The molecule has 3 heteroatoms. The van der Waals surface area contributed by atoms with Gasteiger partial charge in [0, 0.05) is 30.1 Å². The molecule has 19 heavy (non-hydrogen) atoms. The average Bonchev–Trinajstić information content (AvgIpc) is 3.06. The van der Waals surface area contributed by atoms with E-state index in [2.05, 4.69) is 42.3 Å². The van der Waals surface area contributed by atoms with E-state index in [-0.39, 0.29) is 0 Å². The maximum Gasteiger partial charge on any atom is 0.0972 e. The van der Waals surface area contributed by atoms with Gasteiger partial charge in [-0.3, -0.25) is 0 Å². The van der Waals surface area contributed by atoms with Crippen LogP contribution >= 0.6 is 11.3 Å². The highest BCUT2D eigenvalue weighted by molar-refractivity contribution is 7.11. The van der Waals surface area contributed by atoms with E-state index in [4.69, 9.17) is 0 Å². The fourth-order valence-electron chi connectivity index (χ4n) is 2.39. The number of thiazole rings is 1. The summed E-state index contributed by atoms with van der Waals surface area (Å²) in [5, 5.41) is 4.76. The molecule has 0 spiro atoms. The van der Waals surface area contributed by atoms with Gasteiger partial charge in [0.05, 0.1) is 5.01 Å².